The van der Waals surface area contributed by atoms with Crippen LogP contribution in [0.1, 0.15) is 9.80 Å². The van der Waals surface area contributed by atoms with Crippen molar-refractivity contribution in [3.05, 3.63) is 28.0 Å². The topological polar surface area (TPSA) is 50.2 Å². The molecule has 1 N–H and O–H groups in total. The Morgan fingerprint density at radius 1 is 1.57 bits per heavy atom. The van der Waals surface area contributed by atoms with Gasteiger partial charge in [0.05, 0.1) is 9.72 Å². The number of carboxylic acid groups (broad SMARTS) is 1. The molecule has 0 aliphatic carbocycles. The Morgan fingerprint density at radius 3 is 2.93 bits per heavy atom. The number of aromatic carboxylic acids is 1. The Bertz CT molecular complexity index is 525. The van der Waals surface area contributed by atoms with Gasteiger partial charge in [-0.2, -0.15) is 0 Å². The van der Waals surface area contributed by atoms with Crippen LogP contribution in [0, 0.1) is 5.82 Å². The van der Waals surface area contributed by atoms with Gasteiger partial charge >= 0.3 is 5.97 Å². The number of thiazole rings is 1. The molecule has 0 radical (unpaired) electrons. The third-order valence-electron chi connectivity index (χ3n) is 1.60. The van der Waals surface area contributed by atoms with Crippen molar-refractivity contribution in [2.45, 2.75) is 0 Å². The second-order valence-electron chi connectivity index (χ2n) is 2.56. The average Bonchev–Trinajstić information content (AvgIpc) is 2.47. The monoisotopic (exact) mass is 231 g/mol. The first-order chi connectivity index (χ1) is 6.58. The molecule has 0 fully saturated rings. The number of hydrogen-bond acceptors (Lipinski definition) is 3. The molecular weight excluding hydrogens is 229 g/mol. The minimum absolute atomic E-state index is 0.0903. The first-order valence-corrected chi connectivity index (χ1v) is 4.76. The molecule has 0 amide bonds. The predicted octanol–water partition coefficient (Wildman–Crippen LogP) is 2.79. The number of carboxylic acids is 1. The van der Waals surface area contributed by atoms with Crippen LogP contribution in [0.3, 0.4) is 0 Å². The van der Waals surface area contributed by atoms with Gasteiger partial charge in [0.25, 0.3) is 0 Å². The van der Waals surface area contributed by atoms with Crippen LogP contribution >= 0.6 is 22.9 Å². The molecule has 0 saturated heterocycles. The molecule has 2 rings (SSSR count). The van der Waals surface area contributed by atoms with E-state index in [1.807, 2.05) is 0 Å². The molecule has 1 aromatic heterocycles. The maximum absolute atomic E-state index is 12.9. The lowest BCUT2D eigenvalue weighted by Gasteiger charge is -1.91. The van der Waals surface area contributed by atoms with Crippen LogP contribution in [0.4, 0.5) is 4.39 Å². The summed E-state index contributed by atoms with van der Waals surface area (Å²) < 4.78 is 13.3. The highest BCUT2D eigenvalue weighted by Crippen LogP contribution is 2.29. The van der Waals surface area contributed by atoms with Gasteiger partial charge in [-0.05, 0) is 12.1 Å². The molecule has 72 valence electrons. The van der Waals surface area contributed by atoms with Crippen molar-refractivity contribution in [1.82, 2.24) is 4.98 Å². The fourth-order valence-corrected chi connectivity index (χ4v) is 2.21. The van der Waals surface area contributed by atoms with E-state index < -0.39 is 11.8 Å². The number of halogens is 2. The number of rotatable bonds is 1. The van der Waals surface area contributed by atoms with Crippen molar-refractivity contribution in [3.63, 3.8) is 0 Å². The van der Waals surface area contributed by atoms with Crippen LogP contribution in [-0.2, 0) is 0 Å². The van der Waals surface area contributed by atoms with Crippen LogP contribution in [0.5, 0.6) is 0 Å². The summed E-state index contributed by atoms with van der Waals surface area (Å²) in [5, 5.41) is 8.70. The summed E-state index contributed by atoms with van der Waals surface area (Å²) in [6.07, 6.45) is 0. The van der Waals surface area contributed by atoms with Crippen LogP contribution in [0.25, 0.3) is 10.2 Å². The molecule has 0 atom stereocenters. The third-order valence-corrected chi connectivity index (χ3v) is 2.87. The molecule has 6 heteroatoms. The Morgan fingerprint density at radius 2 is 2.29 bits per heavy atom. The molecule has 1 aromatic carbocycles. The SMILES string of the molecule is O=C(O)c1nc2c(Cl)cc(F)cc2s1. The molecule has 0 aliphatic heterocycles. The summed E-state index contributed by atoms with van der Waals surface area (Å²) >= 11 is 6.59. The zero-order valence-electron chi connectivity index (χ0n) is 6.62. The number of hydrogen-bond donors (Lipinski definition) is 1. The smallest absolute Gasteiger partial charge is 0.365 e. The maximum atomic E-state index is 12.9. The van der Waals surface area contributed by atoms with Crippen molar-refractivity contribution in [1.29, 1.82) is 0 Å². The fourth-order valence-electron chi connectivity index (χ4n) is 1.05. The fraction of sp³-hybridized carbons (Fsp3) is 0. The second-order valence-corrected chi connectivity index (χ2v) is 4.00. The van der Waals surface area contributed by atoms with Gasteiger partial charge in [0.2, 0.25) is 5.01 Å². The summed E-state index contributed by atoms with van der Waals surface area (Å²) in [5.74, 6) is -1.63. The van der Waals surface area contributed by atoms with Gasteiger partial charge < -0.3 is 5.11 Å². The van der Waals surface area contributed by atoms with E-state index in [0.29, 0.717) is 10.2 Å². The Hall–Kier alpha value is -1.20. The van der Waals surface area contributed by atoms with Crippen molar-refractivity contribution >= 4 is 39.1 Å². The largest absolute Gasteiger partial charge is 0.476 e. The van der Waals surface area contributed by atoms with Gasteiger partial charge in [0, 0.05) is 0 Å². The number of aromatic nitrogens is 1. The van der Waals surface area contributed by atoms with Crippen molar-refractivity contribution in [3.8, 4) is 0 Å². The van der Waals surface area contributed by atoms with E-state index in [1.54, 1.807) is 0 Å². The van der Waals surface area contributed by atoms with E-state index in [4.69, 9.17) is 16.7 Å². The summed E-state index contributed by atoms with van der Waals surface area (Å²) in [6, 6.07) is 2.32. The first kappa shape index (κ1) is 9.36. The van der Waals surface area contributed by atoms with Crippen molar-refractivity contribution < 1.29 is 14.3 Å². The molecular formula is C8H3ClFNO2S. The average molecular weight is 232 g/mol. The standard InChI is InChI=1S/C8H3ClFNO2S/c9-4-1-3(10)2-5-6(4)11-7(14-5)8(12)13/h1-2H,(H,12,13). The number of benzene rings is 1. The summed E-state index contributed by atoms with van der Waals surface area (Å²) in [5.41, 5.74) is 0.329. The first-order valence-electron chi connectivity index (χ1n) is 3.57. The Balaban J connectivity index is 2.76. The zero-order valence-corrected chi connectivity index (χ0v) is 8.19. The third kappa shape index (κ3) is 1.44. The van der Waals surface area contributed by atoms with E-state index in [9.17, 15) is 9.18 Å². The van der Waals surface area contributed by atoms with E-state index >= 15 is 0 Å². The zero-order chi connectivity index (χ0) is 10.3. The second kappa shape index (κ2) is 3.18. The van der Waals surface area contributed by atoms with Crippen molar-refractivity contribution in [2.24, 2.45) is 0 Å². The molecule has 1 heterocycles. The lowest BCUT2D eigenvalue weighted by molar-refractivity contribution is 0.0696. The Labute approximate surface area is 86.8 Å². The lowest BCUT2D eigenvalue weighted by atomic mass is 10.3. The van der Waals surface area contributed by atoms with E-state index in [0.717, 1.165) is 17.4 Å². The summed E-state index contributed by atoms with van der Waals surface area (Å²) in [6.45, 7) is 0. The van der Waals surface area contributed by atoms with Gasteiger partial charge in [0.1, 0.15) is 11.3 Å². The summed E-state index contributed by atoms with van der Waals surface area (Å²) in [4.78, 5) is 14.4. The number of carbonyl (C=O) groups is 1. The van der Waals surface area contributed by atoms with Gasteiger partial charge in [-0.3, -0.25) is 0 Å². The highest BCUT2D eigenvalue weighted by molar-refractivity contribution is 7.20. The molecule has 0 spiro atoms. The highest BCUT2D eigenvalue weighted by atomic mass is 35.5. The van der Waals surface area contributed by atoms with Gasteiger partial charge in [-0.15, -0.1) is 11.3 Å². The Kier molecular flexibility index (Phi) is 2.13. The van der Waals surface area contributed by atoms with Crippen LogP contribution < -0.4 is 0 Å². The van der Waals surface area contributed by atoms with E-state index in [-0.39, 0.29) is 10.0 Å². The van der Waals surface area contributed by atoms with Gasteiger partial charge in [-0.1, -0.05) is 11.6 Å². The quantitative estimate of drug-likeness (QED) is 0.821. The van der Waals surface area contributed by atoms with Crippen LogP contribution in [-0.4, -0.2) is 16.1 Å². The minimum Gasteiger partial charge on any atom is -0.476 e. The van der Waals surface area contributed by atoms with Gasteiger partial charge in [-0.25, -0.2) is 14.2 Å². The normalized spacial score (nSPS) is 10.7. The van der Waals surface area contributed by atoms with Crippen molar-refractivity contribution in [2.75, 3.05) is 0 Å². The molecule has 14 heavy (non-hydrogen) atoms. The molecule has 0 saturated carbocycles. The molecule has 2 aromatic rings. The number of nitrogens with zero attached hydrogens (tertiary/aromatic N) is 1. The molecule has 0 aliphatic rings. The predicted molar refractivity (Wildman–Crippen MR) is 51.5 cm³/mol. The molecule has 3 nitrogen and oxygen atoms in total. The lowest BCUT2D eigenvalue weighted by Crippen LogP contribution is -1.93. The van der Waals surface area contributed by atoms with E-state index in [1.165, 1.54) is 6.07 Å². The van der Waals surface area contributed by atoms with Gasteiger partial charge in [0.15, 0.2) is 0 Å². The molecule has 0 unspecified atom stereocenters. The number of fused-ring (bicyclic) bond motifs is 1. The van der Waals surface area contributed by atoms with E-state index in [2.05, 4.69) is 4.98 Å². The van der Waals surface area contributed by atoms with Crippen LogP contribution in [0.15, 0.2) is 12.1 Å². The summed E-state index contributed by atoms with van der Waals surface area (Å²) in [7, 11) is 0. The molecule has 0 bridgehead atoms. The van der Waals surface area contributed by atoms with Crippen LogP contribution in [0.2, 0.25) is 5.02 Å². The highest BCUT2D eigenvalue weighted by Gasteiger charge is 2.13. The minimum atomic E-state index is -1.14. The maximum Gasteiger partial charge on any atom is 0.365 e.